The van der Waals surface area contributed by atoms with Crippen LogP contribution in [0.25, 0.3) is 11.1 Å². The number of rotatable bonds is 12. The second-order valence-electron chi connectivity index (χ2n) is 12.7. The van der Waals surface area contributed by atoms with Crippen molar-refractivity contribution >= 4 is 21.7 Å². The number of hydrogen-bond donors (Lipinski definition) is 5. The summed E-state index contributed by atoms with van der Waals surface area (Å²) >= 11 is 0. The van der Waals surface area contributed by atoms with Crippen LogP contribution in [0.5, 0.6) is 11.5 Å². The molecule has 4 aromatic carbocycles. The van der Waals surface area contributed by atoms with Gasteiger partial charge in [0.2, 0.25) is 5.91 Å². The van der Waals surface area contributed by atoms with Gasteiger partial charge in [0, 0.05) is 18.4 Å². The number of methoxy groups -OCH3 is 1. The zero-order chi connectivity index (χ0) is 37.3. The molecule has 0 aromatic heterocycles. The fourth-order valence-electron chi connectivity index (χ4n) is 6.60. The molecule has 2 aliphatic heterocycles. The number of phenols is 1. The van der Waals surface area contributed by atoms with Gasteiger partial charge in [0.25, 0.3) is 0 Å². The first-order valence-corrected chi connectivity index (χ1v) is 17.9. The third-order valence-electron chi connectivity index (χ3n) is 9.32. The largest absolute Gasteiger partial charge is 0.508 e. The van der Waals surface area contributed by atoms with Crippen LogP contribution in [0.15, 0.2) is 91.0 Å². The minimum atomic E-state index is -4.68. The number of aromatic hydroxyl groups is 1. The Hall–Kier alpha value is -4.48. The molecule has 1 unspecified atom stereocenters. The number of carbonyl (C=O) groups is 1. The molecule has 5 N–H and O–H groups in total. The first kappa shape index (κ1) is 37.3. The lowest BCUT2D eigenvalue weighted by atomic mass is 9.77. The zero-order valence-electron chi connectivity index (χ0n) is 27.7. The Kier molecular flexibility index (Phi) is 10.9. The molecule has 4 aromatic rings. The number of carbonyl (C=O) groups excluding carboxylic acids is 1. The fourth-order valence-corrected chi connectivity index (χ4v) is 7.77. The third-order valence-corrected chi connectivity index (χ3v) is 10.5. The second kappa shape index (κ2) is 15.2. The number of nitrogens with zero attached hydrogens (tertiary/aromatic N) is 1. The molecule has 0 spiro atoms. The van der Waals surface area contributed by atoms with Crippen LogP contribution >= 0.6 is 0 Å². The molecular weight excluding hydrogens is 704 g/mol. The summed E-state index contributed by atoms with van der Waals surface area (Å²) in [6.45, 7) is 0. The van der Waals surface area contributed by atoms with Crippen molar-refractivity contribution in [3.8, 4) is 22.6 Å². The Balaban J connectivity index is 1.38. The summed E-state index contributed by atoms with van der Waals surface area (Å²) in [6.07, 6.45) is -9.15. The number of aliphatic hydroxyl groups is 4. The van der Waals surface area contributed by atoms with Gasteiger partial charge >= 0.3 is 10.1 Å². The summed E-state index contributed by atoms with van der Waals surface area (Å²) in [5.41, 5.74) is 1.91. The zero-order valence-corrected chi connectivity index (χ0v) is 28.5. The van der Waals surface area contributed by atoms with E-state index in [4.69, 9.17) is 13.7 Å². The minimum Gasteiger partial charge on any atom is -0.508 e. The van der Waals surface area contributed by atoms with Crippen LogP contribution in [0.1, 0.15) is 36.1 Å². The molecule has 2 saturated heterocycles. The number of phenolic OH excluding ortho intramolecular Hbond substituents is 1. The predicted molar refractivity (Wildman–Crippen MR) is 182 cm³/mol. The van der Waals surface area contributed by atoms with Gasteiger partial charge < -0.3 is 44.1 Å². The maximum Gasteiger partial charge on any atom is 0.311 e. The molecule has 0 radical (unpaired) electrons. The number of halogens is 2. The van der Waals surface area contributed by atoms with Gasteiger partial charge in [-0.05, 0) is 84.1 Å². The third kappa shape index (κ3) is 7.80. The first-order valence-electron chi connectivity index (χ1n) is 16.4. The van der Waals surface area contributed by atoms with E-state index in [1.54, 1.807) is 24.3 Å². The highest BCUT2D eigenvalue weighted by molar-refractivity contribution is 7.87. The molecule has 2 heterocycles. The van der Waals surface area contributed by atoms with E-state index in [9.17, 15) is 47.5 Å². The highest BCUT2D eigenvalue weighted by Gasteiger charge is 2.50. The number of benzene rings is 4. The number of β-lactam (4-membered cyclic amide) rings is 1. The fraction of sp³-hybridized carbons (Fsp3) is 0.324. The van der Waals surface area contributed by atoms with E-state index in [2.05, 4.69) is 0 Å². The molecule has 8 atom stereocenters. The van der Waals surface area contributed by atoms with Crippen LogP contribution < -0.4 is 9.08 Å². The van der Waals surface area contributed by atoms with Crippen LogP contribution in [0.3, 0.4) is 0 Å². The Labute approximate surface area is 298 Å². The molecule has 276 valence electrons. The van der Waals surface area contributed by atoms with Gasteiger partial charge in [-0.15, -0.1) is 0 Å². The van der Waals surface area contributed by atoms with Crippen molar-refractivity contribution in [2.75, 3.05) is 17.8 Å². The number of ether oxygens (including phenoxy) is 2. The Bertz CT molecular complexity index is 2000. The topological polar surface area (TPSA) is 183 Å². The average Bonchev–Trinajstić information content (AvgIpc) is 3.11. The summed E-state index contributed by atoms with van der Waals surface area (Å²) in [4.78, 5) is 15.1. The summed E-state index contributed by atoms with van der Waals surface area (Å²) in [5.74, 6) is -3.48. The highest BCUT2D eigenvalue weighted by atomic mass is 32.2. The normalized spacial score (nSPS) is 25.4. The van der Waals surface area contributed by atoms with Crippen molar-refractivity contribution in [2.24, 2.45) is 5.92 Å². The summed E-state index contributed by atoms with van der Waals surface area (Å²) in [6, 6.07) is 20.3. The van der Waals surface area contributed by atoms with Crippen LogP contribution in [0.4, 0.5) is 14.5 Å². The van der Waals surface area contributed by atoms with E-state index in [1.807, 2.05) is 0 Å². The van der Waals surface area contributed by atoms with E-state index in [-0.39, 0.29) is 35.8 Å². The molecule has 2 aliphatic rings. The molecular formula is C37H37F2NO11S. The number of hydrogen-bond acceptors (Lipinski definition) is 11. The van der Waals surface area contributed by atoms with Gasteiger partial charge in [-0.2, -0.15) is 8.42 Å². The molecule has 52 heavy (non-hydrogen) atoms. The van der Waals surface area contributed by atoms with Gasteiger partial charge in [-0.3, -0.25) is 4.79 Å². The Morgan fingerprint density at radius 3 is 2.17 bits per heavy atom. The van der Waals surface area contributed by atoms with Crippen molar-refractivity contribution < 1.29 is 61.2 Å². The summed E-state index contributed by atoms with van der Waals surface area (Å²) < 4.78 is 71.0. The quantitative estimate of drug-likeness (QED) is 0.105. The highest BCUT2D eigenvalue weighted by Crippen LogP contribution is 2.49. The van der Waals surface area contributed by atoms with Gasteiger partial charge in [0.15, 0.2) is 6.29 Å². The Morgan fingerprint density at radius 2 is 1.52 bits per heavy atom. The van der Waals surface area contributed by atoms with Crippen molar-refractivity contribution in [2.45, 2.75) is 55.7 Å². The smallest absolute Gasteiger partial charge is 0.311 e. The summed E-state index contributed by atoms with van der Waals surface area (Å²) in [5, 5.41) is 52.0. The van der Waals surface area contributed by atoms with E-state index in [1.165, 1.54) is 78.7 Å². The SMILES string of the molecule is CO[C@@H]1OC(CS(=O)(=O)Oc2cc(-c3cccc(O)c3)ccc2[C@@H]2[C@@H](CC[C@H](O)c3ccc(F)cc3)C(=O)N2c2ccc(F)cc2)[C@H](O)[C@@H](O)[C@@H]1O. The van der Waals surface area contributed by atoms with Crippen LogP contribution in [0.2, 0.25) is 0 Å². The summed E-state index contributed by atoms with van der Waals surface area (Å²) in [7, 11) is -3.51. The van der Waals surface area contributed by atoms with Crippen molar-refractivity contribution in [1.82, 2.24) is 0 Å². The lowest BCUT2D eigenvalue weighted by Gasteiger charge is -2.48. The maximum absolute atomic E-state index is 13.9. The predicted octanol–water partition coefficient (Wildman–Crippen LogP) is 3.72. The molecule has 12 nitrogen and oxygen atoms in total. The molecule has 15 heteroatoms. The minimum absolute atomic E-state index is 0.0552. The molecule has 1 amide bonds. The maximum atomic E-state index is 13.9. The lowest BCUT2D eigenvalue weighted by molar-refractivity contribution is -0.285. The molecule has 0 aliphatic carbocycles. The van der Waals surface area contributed by atoms with E-state index in [0.717, 1.165) is 0 Å². The van der Waals surface area contributed by atoms with E-state index < -0.39 is 76.3 Å². The van der Waals surface area contributed by atoms with Crippen LogP contribution in [0, 0.1) is 17.6 Å². The number of aliphatic hydroxyl groups excluding tert-OH is 4. The number of amides is 1. The molecule has 0 saturated carbocycles. The van der Waals surface area contributed by atoms with E-state index >= 15 is 0 Å². The van der Waals surface area contributed by atoms with Gasteiger partial charge in [0.05, 0.1) is 18.1 Å². The second-order valence-corrected chi connectivity index (χ2v) is 14.4. The van der Waals surface area contributed by atoms with Gasteiger partial charge in [0.1, 0.15) is 53.3 Å². The Morgan fingerprint density at radius 1 is 0.865 bits per heavy atom. The van der Waals surface area contributed by atoms with Crippen molar-refractivity contribution in [3.05, 3.63) is 114 Å². The monoisotopic (exact) mass is 741 g/mol. The van der Waals surface area contributed by atoms with E-state index in [0.29, 0.717) is 22.4 Å². The van der Waals surface area contributed by atoms with Gasteiger partial charge in [-0.1, -0.05) is 36.4 Å². The van der Waals surface area contributed by atoms with Crippen LogP contribution in [-0.2, 0) is 24.4 Å². The standard InChI is InChI=1S/C37H37F2NO11S/c1-49-37-35(45)34(44)33(43)31(50-37)19-52(47,48)51-30-18-22(21-3-2-4-26(41)17-21)7-14-27(30)32-28(15-16-29(42)20-5-8-23(38)9-6-20)36(46)40(32)25-12-10-24(39)11-13-25/h2-14,17-18,28-29,31-35,37,41-45H,15-16,19H2,1H3/t28-,29+,31?,32-,33+,34-,35+,37-/m1/s1. The number of anilines is 1. The molecule has 6 rings (SSSR count). The van der Waals surface area contributed by atoms with Crippen molar-refractivity contribution in [3.63, 3.8) is 0 Å². The molecule has 0 bridgehead atoms. The van der Waals surface area contributed by atoms with Gasteiger partial charge in [-0.25, -0.2) is 8.78 Å². The molecule has 2 fully saturated rings. The van der Waals surface area contributed by atoms with Crippen LogP contribution in [-0.4, -0.2) is 83.4 Å². The first-order chi connectivity index (χ1) is 24.8. The average molecular weight is 742 g/mol. The lowest BCUT2D eigenvalue weighted by Crippen LogP contribution is -2.59. The van der Waals surface area contributed by atoms with Crippen molar-refractivity contribution in [1.29, 1.82) is 0 Å².